The van der Waals surface area contributed by atoms with E-state index in [1.54, 1.807) is 32.3 Å². The maximum absolute atomic E-state index is 12.5. The number of hydrogen-bond donors (Lipinski definition) is 2. The third kappa shape index (κ3) is 5.31. The summed E-state index contributed by atoms with van der Waals surface area (Å²) in [6, 6.07) is 8.02. The highest BCUT2D eigenvalue weighted by Crippen LogP contribution is 2.26. The predicted molar refractivity (Wildman–Crippen MR) is 104 cm³/mol. The smallest absolute Gasteiger partial charge is 0.253 e. The van der Waals surface area contributed by atoms with Gasteiger partial charge in [-0.05, 0) is 29.6 Å². The number of anilines is 1. The minimum absolute atomic E-state index is 0.0578. The van der Waals surface area contributed by atoms with E-state index in [0.29, 0.717) is 16.3 Å². The summed E-state index contributed by atoms with van der Waals surface area (Å²) in [5, 5.41) is 7.72. The first-order valence-corrected chi connectivity index (χ1v) is 9.15. The lowest BCUT2D eigenvalue weighted by atomic mass is 10.1. The van der Waals surface area contributed by atoms with E-state index >= 15 is 0 Å². The molecule has 0 spiro atoms. The summed E-state index contributed by atoms with van der Waals surface area (Å²) in [5.41, 5.74) is 0.781. The molecule has 1 unspecified atom stereocenters. The highest BCUT2D eigenvalue weighted by Gasteiger charge is 2.19. The zero-order chi connectivity index (χ0) is 19.3. The number of amides is 3. The molecule has 3 amide bonds. The number of carbonyl (C=O) groups is 3. The Hall–Kier alpha value is -2.38. The van der Waals surface area contributed by atoms with E-state index in [2.05, 4.69) is 10.6 Å². The molecule has 0 bridgehead atoms. The standard InChI is InChI=1S/C18H20ClN3O3S/c1-11(23)20-15(16-5-4-8-26-16)10-17(24)21-14-9-12(6-7-13(14)19)18(25)22(2)3/h4-9,15H,10H2,1-3H3,(H,20,23)(H,21,24). The molecule has 1 heterocycles. The molecule has 1 aromatic carbocycles. The van der Waals surface area contributed by atoms with Crippen molar-refractivity contribution in [2.45, 2.75) is 19.4 Å². The van der Waals surface area contributed by atoms with Crippen molar-refractivity contribution in [3.63, 3.8) is 0 Å². The SMILES string of the molecule is CC(=O)NC(CC(=O)Nc1cc(C(=O)N(C)C)ccc1Cl)c1cccs1. The number of hydrogen-bond acceptors (Lipinski definition) is 4. The topological polar surface area (TPSA) is 78.5 Å². The molecule has 2 N–H and O–H groups in total. The molecule has 8 heteroatoms. The maximum Gasteiger partial charge on any atom is 0.253 e. The van der Waals surface area contributed by atoms with E-state index in [4.69, 9.17) is 11.6 Å². The summed E-state index contributed by atoms with van der Waals surface area (Å²) < 4.78 is 0. The first-order valence-electron chi connectivity index (χ1n) is 7.89. The maximum atomic E-state index is 12.5. The molecule has 1 atom stereocenters. The molecule has 2 rings (SSSR count). The molecule has 0 radical (unpaired) electrons. The van der Waals surface area contributed by atoms with Crippen molar-refractivity contribution in [2.24, 2.45) is 0 Å². The molecule has 2 aromatic rings. The molecule has 6 nitrogen and oxygen atoms in total. The molecule has 0 aliphatic heterocycles. The van der Waals surface area contributed by atoms with Crippen molar-refractivity contribution in [1.82, 2.24) is 10.2 Å². The molecule has 26 heavy (non-hydrogen) atoms. The van der Waals surface area contributed by atoms with E-state index in [-0.39, 0.29) is 24.1 Å². The van der Waals surface area contributed by atoms with Crippen molar-refractivity contribution in [3.8, 4) is 0 Å². The Morgan fingerprint density at radius 1 is 1.23 bits per heavy atom. The van der Waals surface area contributed by atoms with Crippen LogP contribution >= 0.6 is 22.9 Å². The second kappa shape index (κ2) is 8.82. The van der Waals surface area contributed by atoms with E-state index in [0.717, 1.165) is 4.88 Å². The Labute approximate surface area is 161 Å². The van der Waals surface area contributed by atoms with Crippen LogP contribution in [0.2, 0.25) is 5.02 Å². The van der Waals surface area contributed by atoms with Crippen LogP contribution < -0.4 is 10.6 Å². The van der Waals surface area contributed by atoms with Crippen LogP contribution in [0.5, 0.6) is 0 Å². The van der Waals surface area contributed by atoms with E-state index in [9.17, 15) is 14.4 Å². The molecule has 0 fully saturated rings. The second-order valence-corrected chi connectivity index (χ2v) is 7.30. The monoisotopic (exact) mass is 393 g/mol. The second-order valence-electron chi connectivity index (χ2n) is 5.92. The van der Waals surface area contributed by atoms with Gasteiger partial charge in [-0.15, -0.1) is 11.3 Å². The molecule has 0 saturated carbocycles. The van der Waals surface area contributed by atoms with Gasteiger partial charge in [0.15, 0.2) is 0 Å². The molecule has 1 aromatic heterocycles. The van der Waals surface area contributed by atoms with Crippen LogP contribution in [0, 0.1) is 0 Å². The first kappa shape index (κ1) is 19.9. The third-order valence-electron chi connectivity index (χ3n) is 3.55. The fourth-order valence-electron chi connectivity index (χ4n) is 2.36. The Kier molecular flexibility index (Phi) is 6.76. The number of carbonyl (C=O) groups excluding carboxylic acids is 3. The van der Waals surface area contributed by atoms with Crippen LogP contribution in [0.25, 0.3) is 0 Å². The van der Waals surface area contributed by atoms with E-state index in [1.807, 2.05) is 17.5 Å². The van der Waals surface area contributed by atoms with E-state index < -0.39 is 6.04 Å². The summed E-state index contributed by atoms with van der Waals surface area (Å²) >= 11 is 7.60. The number of halogens is 1. The lowest BCUT2D eigenvalue weighted by Gasteiger charge is -2.17. The Morgan fingerprint density at radius 3 is 2.54 bits per heavy atom. The van der Waals surface area contributed by atoms with Gasteiger partial charge in [0.25, 0.3) is 5.91 Å². The van der Waals surface area contributed by atoms with Gasteiger partial charge in [-0.25, -0.2) is 0 Å². The van der Waals surface area contributed by atoms with Gasteiger partial charge in [0, 0.05) is 31.5 Å². The Balaban J connectivity index is 2.14. The minimum Gasteiger partial charge on any atom is -0.348 e. The zero-order valence-corrected chi connectivity index (χ0v) is 16.3. The van der Waals surface area contributed by atoms with Crippen molar-refractivity contribution in [1.29, 1.82) is 0 Å². The quantitative estimate of drug-likeness (QED) is 0.790. The van der Waals surface area contributed by atoms with Crippen molar-refractivity contribution < 1.29 is 14.4 Å². The molecule has 0 saturated heterocycles. The fourth-order valence-corrected chi connectivity index (χ4v) is 3.30. The van der Waals surface area contributed by atoms with Crippen LogP contribution in [-0.4, -0.2) is 36.7 Å². The Bertz CT molecular complexity index is 806. The van der Waals surface area contributed by atoms with Crippen LogP contribution in [0.4, 0.5) is 5.69 Å². The highest BCUT2D eigenvalue weighted by molar-refractivity contribution is 7.10. The number of benzene rings is 1. The van der Waals surface area contributed by atoms with Crippen molar-refractivity contribution >= 4 is 46.3 Å². The number of nitrogens with one attached hydrogen (secondary N) is 2. The largest absolute Gasteiger partial charge is 0.348 e. The van der Waals surface area contributed by atoms with Gasteiger partial charge in [0.2, 0.25) is 11.8 Å². The molecular weight excluding hydrogens is 374 g/mol. The number of nitrogens with zero attached hydrogens (tertiary/aromatic N) is 1. The minimum atomic E-state index is -0.419. The highest BCUT2D eigenvalue weighted by atomic mass is 35.5. The van der Waals surface area contributed by atoms with Crippen LogP contribution in [0.1, 0.15) is 34.6 Å². The van der Waals surface area contributed by atoms with Gasteiger partial charge in [-0.1, -0.05) is 17.7 Å². The first-order chi connectivity index (χ1) is 12.3. The molecule has 138 valence electrons. The zero-order valence-electron chi connectivity index (χ0n) is 14.7. The van der Waals surface area contributed by atoms with Gasteiger partial charge in [-0.3, -0.25) is 14.4 Å². The van der Waals surface area contributed by atoms with E-state index in [1.165, 1.54) is 23.2 Å². The normalized spacial score (nSPS) is 11.5. The lowest BCUT2D eigenvalue weighted by Crippen LogP contribution is -2.29. The van der Waals surface area contributed by atoms with Gasteiger partial charge in [0.05, 0.1) is 23.2 Å². The van der Waals surface area contributed by atoms with Crippen molar-refractivity contribution in [2.75, 3.05) is 19.4 Å². The van der Waals surface area contributed by atoms with Crippen LogP contribution in [-0.2, 0) is 9.59 Å². The van der Waals surface area contributed by atoms with Crippen LogP contribution in [0.3, 0.4) is 0 Å². The molecule has 0 aliphatic rings. The lowest BCUT2D eigenvalue weighted by molar-refractivity contribution is -0.120. The van der Waals surface area contributed by atoms with Gasteiger partial charge in [0.1, 0.15) is 0 Å². The fraction of sp³-hybridized carbons (Fsp3) is 0.278. The predicted octanol–water partition coefficient (Wildman–Crippen LogP) is 3.31. The van der Waals surface area contributed by atoms with Gasteiger partial charge in [-0.2, -0.15) is 0 Å². The molecular formula is C18H20ClN3O3S. The molecule has 0 aliphatic carbocycles. The average molecular weight is 394 g/mol. The summed E-state index contributed by atoms with van der Waals surface area (Å²) in [7, 11) is 3.29. The van der Waals surface area contributed by atoms with Crippen molar-refractivity contribution in [3.05, 3.63) is 51.2 Å². The summed E-state index contributed by atoms with van der Waals surface area (Å²) in [6.07, 6.45) is 0.0578. The van der Waals surface area contributed by atoms with Crippen LogP contribution in [0.15, 0.2) is 35.7 Å². The number of rotatable bonds is 6. The Morgan fingerprint density at radius 2 is 1.96 bits per heavy atom. The summed E-state index contributed by atoms with van der Waals surface area (Å²) in [5.74, 6) is -0.715. The van der Waals surface area contributed by atoms with Gasteiger partial charge < -0.3 is 15.5 Å². The third-order valence-corrected chi connectivity index (χ3v) is 4.86. The summed E-state index contributed by atoms with van der Waals surface area (Å²) in [6.45, 7) is 1.41. The average Bonchev–Trinajstić information content (AvgIpc) is 3.09. The van der Waals surface area contributed by atoms with Gasteiger partial charge >= 0.3 is 0 Å². The number of thiophene rings is 1. The summed E-state index contributed by atoms with van der Waals surface area (Å²) in [4.78, 5) is 38.3.